The van der Waals surface area contributed by atoms with Gasteiger partial charge in [0.2, 0.25) is 0 Å². The summed E-state index contributed by atoms with van der Waals surface area (Å²) in [6, 6.07) is 6.72. The smallest absolute Gasteiger partial charge is 0.161 e. The zero-order valence-corrected chi connectivity index (χ0v) is 11.9. The van der Waals surface area contributed by atoms with Crippen LogP contribution >= 0.6 is 11.8 Å². The van der Waals surface area contributed by atoms with Crippen molar-refractivity contribution >= 4 is 11.8 Å². The molecule has 1 aromatic rings. The summed E-state index contributed by atoms with van der Waals surface area (Å²) in [5.41, 5.74) is 1.25. The van der Waals surface area contributed by atoms with Gasteiger partial charge in [0.05, 0.1) is 0 Å². The molecule has 1 N–H and O–H groups in total. The van der Waals surface area contributed by atoms with Gasteiger partial charge in [0.15, 0.2) is 11.5 Å². The Balaban J connectivity index is 1.86. The van der Waals surface area contributed by atoms with Crippen LogP contribution in [0.2, 0.25) is 0 Å². The summed E-state index contributed by atoms with van der Waals surface area (Å²) >= 11 is 1.89. The monoisotopic (exact) mass is 267 g/mol. The molecule has 3 nitrogen and oxygen atoms in total. The van der Waals surface area contributed by atoms with Crippen molar-refractivity contribution in [3.05, 3.63) is 23.8 Å². The van der Waals surface area contributed by atoms with Crippen LogP contribution in [-0.2, 0) is 6.54 Å². The molecule has 2 rings (SSSR count). The average Bonchev–Trinajstić information content (AvgIpc) is 2.42. The van der Waals surface area contributed by atoms with E-state index in [4.69, 9.17) is 9.47 Å². The minimum Gasteiger partial charge on any atom is -0.486 e. The van der Waals surface area contributed by atoms with Crippen LogP contribution in [0.5, 0.6) is 11.5 Å². The summed E-state index contributed by atoms with van der Waals surface area (Å²) in [6.45, 7) is 4.41. The van der Waals surface area contributed by atoms with Crippen molar-refractivity contribution in [2.45, 2.75) is 25.9 Å². The minimum absolute atomic E-state index is 0.547. The summed E-state index contributed by atoms with van der Waals surface area (Å²) < 4.78 is 11.1. The van der Waals surface area contributed by atoms with Gasteiger partial charge in [-0.05, 0) is 43.0 Å². The van der Waals surface area contributed by atoms with E-state index in [1.165, 1.54) is 17.7 Å². The molecular weight excluding hydrogens is 246 g/mol. The maximum Gasteiger partial charge on any atom is 0.161 e. The second-order valence-corrected chi connectivity index (χ2v) is 5.53. The molecule has 0 saturated heterocycles. The van der Waals surface area contributed by atoms with E-state index in [0.29, 0.717) is 19.3 Å². The maximum atomic E-state index is 5.58. The minimum atomic E-state index is 0.547. The van der Waals surface area contributed by atoms with Gasteiger partial charge in [0, 0.05) is 12.6 Å². The van der Waals surface area contributed by atoms with Crippen LogP contribution in [0.3, 0.4) is 0 Å². The van der Waals surface area contributed by atoms with Gasteiger partial charge in [-0.25, -0.2) is 0 Å². The topological polar surface area (TPSA) is 30.5 Å². The molecule has 0 saturated carbocycles. The average molecular weight is 267 g/mol. The fourth-order valence-corrected chi connectivity index (χ4v) is 2.48. The van der Waals surface area contributed by atoms with Gasteiger partial charge in [-0.2, -0.15) is 11.8 Å². The zero-order valence-electron chi connectivity index (χ0n) is 11.1. The van der Waals surface area contributed by atoms with E-state index in [1.807, 2.05) is 17.8 Å². The molecule has 0 aromatic heterocycles. The molecule has 4 heteroatoms. The van der Waals surface area contributed by atoms with Crippen molar-refractivity contribution in [1.29, 1.82) is 0 Å². The van der Waals surface area contributed by atoms with E-state index < -0.39 is 0 Å². The summed E-state index contributed by atoms with van der Waals surface area (Å²) in [4.78, 5) is 0. The Morgan fingerprint density at radius 3 is 2.83 bits per heavy atom. The molecular formula is C14H21NO2S. The number of thioether (sulfide) groups is 1. The third-order valence-corrected chi connectivity index (χ3v) is 3.66. The number of benzene rings is 1. The Labute approximate surface area is 113 Å². The summed E-state index contributed by atoms with van der Waals surface area (Å²) in [6.07, 6.45) is 3.35. The summed E-state index contributed by atoms with van der Waals surface area (Å²) in [5, 5.41) is 3.53. The van der Waals surface area contributed by atoms with Crippen LogP contribution < -0.4 is 14.8 Å². The molecule has 0 radical (unpaired) electrons. The molecule has 1 unspecified atom stereocenters. The van der Waals surface area contributed by atoms with E-state index >= 15 is 0 Å². The number of ether oxygens (including phenoxy) is 2. The number of hydrogen-bond donors (Lipinski definition) is 1. The molecule has 1 aliphatic rings. The third-order valence-electron chi connectivity index (χ3n) is 3.02. The second-order valence-electron chi connectivity index (χ2n) is 4.54. The Kier molecular flexibility index (Phi) is 5.20. The molecule has 0 fully saturated rings. The highest BCUT2D eigenvalue weighted by Gasteiger charge is 2.11. The van der Waals surface area contributed by atoms with Gasteiger partial charge in [-0.3, -0.25) is 0 Å². The van der Waals surface area contributed by atoms with Crippen LogP contribution in [0, 0.1) is 0 Å². The predicted octanol–water partition coefficient (Wildman–Crippen LogP) is 2.69. The first-order valence-corrected chi connectivity index (χ1v) is 7.80. The van der Waals surface area contributed by atoms with Crippen LogP contribution in [0.25, 0.3) is 0 Å². The number of nitrogens with one attached hydrogen (secondary N) is 1. The van der Waals surface area contributed by atoms with E-state index in [9.17, 15) is 0 Å². The van der Waals surface area contributed by atoms with Gasteiger partial charge < -0.3 is 14.8 Å². The standard InChI is InChI=1S/C14H21NO2S/c1-11(5-8-18-2)15-10-12-3-4-13-14(9-12)17-7-6-16-13/h3-4,9,11,15H,5-8,10H2,1-2H3. The summed E-state index contributed by atoms with van der Waals surface area (Å²) in [7, 11) is 0. The van der Waals surface area contributed by atoms with Crippen molar-refractivity contribution < 1.29 is 9.47 Å². The number of hydrogen-bond acceptors (Lipinski definition) is 4. The number of fused-ring (bicyclic) bond motifs is 1. The molecule has 1 heterocycles. The Hall–Kier alpha value is -0.870. The van der Waals surface area contributed by atoms with Crippen LogP contribution in [0.1, 0.15) is 18.9 Å². The largest absolute Gasteiger partial charge is 0.486 e. The lowest BCUT2D eigenvalue weighted by atomic mass is 10.1. The van der Waals surface area contributed by atoms with Crippen molar-refractivity contribution in [2.24, 2.45) is 0 Å². The quantitative estimate of drug-likeness (QED) is 0.858. The fourth-order valence-electron chi connectivity index (χ4n) is 1.89. The van der Waals surface area contributed by atoms with Crippen molar-refractivity contribution in [3.8, 4) is 11.5 Å². The third kappa shape index (κ3) is 3.82. The van der Waals surface area contributed by atoms with Gasteiger partial charge in [-0.1, -0.05) is 6.07 Å². The fraction of sp³-hybridized carbons (Fsp3) is 0.571. The van der Waals surface area contributed by atoms with E-state index in [1.54, 1.807) is 0 Å². The van der Waals surface area contributed by atoms with E-state index in [0.717, 1.165) is 18.0 Å². The van der Waals surface area contributed by atoms with E-state index in [-0.39, 0.29) is 0 Å². The van der Waals surface area contributed by atoms with Crippen molar-refractivity contribution in [2.75, 3.05) is 25.2 Å². The van der Waals surface area contributed by atoms with E-state index in [2.05, 4.69) is 30.6 Å². The molecule has 0 aliphatic carbocycles. The molecule has 100 valence electrons. The van der Waals surface area contributed by atoms with Crippen LogP contribution in [0.15, 0.2) is 18.2 Å². The van der Waals surface area contributed by atoms with Crippen molar-refractivity contribution in [3.63, 3.8) is 0 Å². The molecule has 1 atom stereocenters. The maximum absolute atomic E-state index is 5.58. The highest BCUT2D eigenvalue weighted by atomic mass is 32.2. The normalized spacial score (nSPS) is 15.4. The molecule has 0 bridgehead atoms. The van der Waals surface area contributed by atoms with Gasteiger partial charge in [-0.15, -0.1) is 0 Å². The highest BCUT2D eigenvalue weighted by Crippen LogP contribution is 2.30. The Morgan fingerprint density at radius 2 is 2.06 bits per heavy atom. The van der Waals surface area contributed by atoms with Gasteiger partial charge in [0.25, 0.3) is 0 Å². The lowest BCUT2D eigenvalue weighted by molar-refractivity contribution is 0.171. The first-order chi connectivity index (χ1) is 8.79. The lowest BCUT2D eigenvalue weighted by Gasteiger charge is -2.19. The van der Waals surface area contributed by atoms with Gasteiger partial charge in [0.1, 0.15) is 13.2 Å². The summed E-state index contributed by atoms with van der Waals surface area (Å²) in [5.74, 6) is 2.94. The van der Waals surface area contributed by atoms with Gasteiger partial charge >= 0.3 is 0 Å². The predicted molar refractivity (Wildman–Crippen MR) is 76.7 cm³/mol. The Bertz CT molecular complexity index is 384. The van der Waals surface area contributed by atoms with Crippen LogP contribution in [-0.4, -0.2) is 31.3 Å². The zero-order chi connectivity index (χ0) is 12.8. The molecule has 0 amide bonds. The number of rotatable bonds is 6. The molecule has 0 spiro atoms. The first-order valence-electron chi connectivity index (χ1n) is 6.40. The van der Waals surface area contributed by atoms with Crippen LogP contribution in [0.4, 0.5) is 0 Å². The SMILES string of the molecule is CSCCC(C)NCc1ccc2c(c1)OCCO2. The first kappa shape index (κ1) is 13.6. The van der Waals surface area contributed by atoms with Crippen molar-refractivity contribution in [1.82, 2.24) is 5.32 Å². The Morgan fingerprint density at radius 1 is 1.28 bits per heavy atom. The second kappa shape index (κ2) is 6.90. The lowest BCUT2D eigenvalue weighted by Crippen LogP contribution is -2.26. The molecule has 1 aromatic carbocycles. The highest BCUT2D eigenvalue weighted by molar-refractivity contribution is 7.98. The molecule has 1 aliphatic heterocycles. The molecule has 18 heavy (non-hydrogen) atoms.